The van der Waals surface area contributed by atoms with Crippen molar-refractivity contribution in [1.29, 1.82) is 0 Å². The lowest BCUT2D eigenvalue weighted by molar-refractivity contribution is -0.00774. The summed E-state index contributed by atoms with van der Waals surface area (Å²) in [4.78, 5) is 27.1. The van der Waals surface area contributed by atoms with E-state index in [-0.39, 0.29) is 21.9 Å². The molecule has 2 aromatic carbocycles. The number of ether oxygens (including phenoxy) is 3. The van der Waals surface area contributed by atoms with E-state index in [1.165, 1.54) is 18.2 Å². The summed E-state index contributed by atoms with van der Waals surface area (Å²) in [7, 11) is -4.06. The molecule has 1 fully saturated rings. The van der Waals surface area contributed by atoms with Crippen LogP contribution in [0.3, 0.4) is 0 Å². The first-order valence-electron chi connectivity index (χ1n) is 12.4. The van der Waals surface area contributed by atoms with E-state index in [1.54, 1.807) is 62.1 Å². The Hall–Kier alpha value is -3.53. The van der Waals surface area contributed by atoms with E-state index >= 15 is 0 Å². The summed E-state index contributed by atoms with van der Waals surface area (Å²) >= 11 is 0. The lowest BCUT2D eigenvalue weighted by atomic mass is 10.0. The third kappa shape index (κ3) is 5.96. The number of rotatable bonds is 5. The normalized spacial score (nSPS) is 14.7. The monoisotopic (exact) mass is 542 g/mol. The zero-order valence-corrected chi connectivity index (χ0v) is 23.4. The van der Waals surface area contributed by atoms with Gasteiger partial charge in [0.05, 0.1) is 17.0 Å². The fourth-order valence-electron chi connectivity index (χ4n) is 4.08. The average molecular weight is 543 g/mol. The van der Waals surface area contributed by atoms with Crippen LogP contribution in [0.4, 0.5) is 9.59 Å². The summed E-state index contributed by atoms with van der Waals surface area (Å²) in [6, 6.07) is 14.5. The Labute approximate surface area is 223 Å². The molecule has 0 unspecified atom stereocenters. The van der Waals surface area contributed by atoms with E-state index in [4.69, 9.17) is 14.2 Å². The molecular formula is C28H34N2O7S. The van der Waals surface area contributed by atoms with Crippen molar-refractivity contribution < 1.29 is 32.2 Å². The van der Waals surface area contributed by atoms with Crippen molar-refractivity contribution in [1.82, 2.24) is 9.47 Å². The highest BCUT2D eigenvalue weighted by Crippen LogP contribution is 2.34. The second-order valence-corrected chi connectivity index (χ2v) is 13.3. The highest BCUT2D eigenvalue weighted by molar-refractivity contribution is 7.91. The van der Waals surface area contributed by atoms with Gasteiger partial charge in [0.15, 0.2) is 5.03 Å². The van der Waals surface area contributed by atoms with Gasteiger partial charge in [-0.15, -0.1) is 0 Å². The molecule has 3 aromatic rings. The fraction of sp³-hybridized carbons (Fsp3) is 0.429. The largest absolute Gasteiger partial charge is 0.492 e. The van der Waals surface area contributed by atoms with E-state index in [0.29, 0.717) is 36.3 Å². The molecular weight excluding hydrogens is 508 g/mol. The minimum Gasteiger partial charge on any atom is -0.492 e. The van der Waals surface area contributed by atoms with Gasteiger partial charge < -0.3 is 19.1 Å². The van der Waals surface area contributed by atoms with Gasteiger partial charge in [-0.05, 0) is 71.9 Å². The minimum atomic E-state index is -4.06. The molecule has 0 N–H and O–H groups in total. The van der Waals surface area contributed by atoms with Gasteiger partial charge >= 0.3 is 12.2 Å². The first-order chi connectivity index (χ1) is 17.7. The summed E-state index contributed by atoms with van der Waals surface area (Å²) < 4.78 is 45.3. The third-order valence-electron chi connectivity index (χ3n) is 5.76. The van der Waals surface area contributed by atoms with Crippen LogP contribution < -0.4 is 4.74 Å². The van der Waals surface area contributed by atoms with Crippen LogP contribution >= 0.6 is 0 Å². The molecule has 0 bridgehead atoms. The highest BCUT2D eigenvalue weighted by atomic mass is 32.2. The summed E-state index contributed by atoms with van der Waals surface area (Å²) in [5.41, 5.74) is -1.04. The van der Waals surface area contributed by atoms with Crippen LogP contribution in [-0.2, 0) is 19.3 Å². The molecule has 10 heteroatoms. The second kappa shape index (κ2) is 9.98. The molecule has 0 atom stereocenters. The van der Waals surface area contributed by atoms with E-state index in [9.17, 15) is 18.0 Å². The lowest BCUT2D eigenvalue weighted by Gasteiger charge is -2.39. The Balaban J connectivity index is 1.63. The number of hydrogen-bond donors (Lipinski definition) is 0. The Morgan fingerprint density at radius 1 is 0.868 bits per heavy atom. The van der Waals surface area contributed by atoms with Crippen LogP contribution in [0.5, 0.6) is 5.75 Å². The molecule has 4 rings (SSSR count). The quantitative estimate of drug-likeness (QED) is 0.419. The zero-order valence-electron chi connectivity index (χ0n) is 22.6. The summed E-state index contributed by atoms with van der Waals surface area (Å²) in [5, 5.41) is 0.264. The topological polar surface area (TPSA) is 104 Å². The molecule has 1 aliphatic rings. The van der Waals surface area contributed by atoms with Gasteiger partial charge in [0.25, 0.3) is 0 Å². The van der Waals surface area contributed by atoms with Crippen molar-refractivity contribution in [3.8, 4) is 5.75 Å². The van der Waals surface area contributed by atoms with Crippen LogP contribution in [-0.4, -0.2) is 61.0 Å². The first-order valence-corrected chi connectivity index (χ1v) is 13.9. The standard InChI is InChI=1S/C28H34N2O7S/c1-27(2,3)36-25(31)29-16-19(17-29)18-35-23-14-10-13-22-21(23)15-24(30(22)26(32)37-28(4,5)6)38(33,34)20-11-8-7-9-12-20/h7-15,19H,16-18H2,1-6H3. The summed E-state index contributed by atoms with van der Waals surface area (Å²) in [6.45, 7) is 11.9. The van der Waals surface area contributed by atoms with Gasteiger partial charge in [-0.2, -0.15) is 0 Å². The van der Waals surface area contributed by atoms with Crippen molar-refractivity contribution >= 4 is 32.9 Å². The Bertz CT molecular complexity index is 1440. The maximum atomic E-state index is 13.6. The molecule has 1 aliphatic heterocycles. The Kier molecular flexibility index (Phi) is 7.22. The maximum absolute atomic E-state index is 13.6. The number of nitrogens with zero attached hydrogens (tertiary/aromatic N) is 2. The fourth-order valence-corrected chi connectivity index (χ4v) is 5.52. The van der Waals surface area contributed by atoms with E-state index < -0.39 is 27.1 Å². The van der Waals surface area contributed by atoms with Crippen molar-refractivity contribution in [2.24, 2.45) is 5.92 Å². The summed E-state index contributed by atoms with van der Waals surface area (Å²) in [6.07, 6.45) is -1.16. The van der Waals surface area contributed by atoms with Crippen molar-refractivity contribution in [3.63, 3.8) is 0 Å². The number of fused-ring (bicyclic) bond motifs is 1. The third-order valence-corrected chi connectivity index (χ3v) is 7.50. The molecule has 0 aliphatic carbocycles. The predicted molar refractivity (Wildman–Crippen MR) is 142 cm³/mol. The molecule has 0 radical (unpaired) electrons. The number of hydrogen-bond acceptors (Lipinski definition) is 7. The molecule has 9 nitrogen and oxygen atoms in total. The summed E-state index contributed by atoms with van der Waals surface area (Å²) in [5.74, 6) is 0.531. The number of carbonyl (C=O) groups excluding carboxylic acids is 2. The highest BCUT2D eigenvalue weighted by Gasteiger charge is 2.35. The molecule has 0 saturated carbocycles. The van der Waals surface area contributed by atoms with E-state index in [1.807, 2.05) is 20.8 Å². The Morgan fingerprint density at radius 2 is 1.47 bits per heavy atom. The molecule has 1 aromatic heterocycles. The molecule has 0 spiro atoms. The van der Waals surface area contributed by atoms with Crippen molar-refractivity contribution in [2.45, 2.75) is 62.7 Å². The number of carbonyl (C=O) groups is 2. The van der Waals surface area contributed by atoms with Crippen molar-refractivity contribution in [3.05, 3.63) is 54.6 Å². The van der Waals surface area contributed by atoms with Crippen LogP contribution in [0.15, 0.2) is 64.5 Å². The maximum Gasteiger partial charge on any atom is 0.420 e. The van der Waals surface area contributed by atoms with Gasteiger partial charge in [0.1, 0.15) is 17.0 Å². The number of benzene rings is 2. The first kappa shape index (κ1) is 27.5. The molecule has 38 heavy (non-hydrogen) atoms. The van der Waals surface area contributed by atoms with E-state index in [2.05, 4.69) is 0 Å². The van der Waals surface area contributed by atoms with Gasteiger partial charge in [0.2, 0.25) is 9.84 Å². The molecule has 1 saturated heterocycles. The smallest absolute Gasteiger partial charge is 0.420 e. The number of sulfone groups is 1. The van der Waals surface area contributed by atoms with Gasteiger partial charge in [-0.25, -0.2) is 22.6 Å². The van der Waals surface area contributed by atoms with Gasteiger partial charge in [-0.1, -0.05) is 24.3 Å². The van der Waals surface area contributed by atoms with Crippen LogP contribution in [0.2, 0.25) is 0 Å². The molecule has 1 amide bonds. The number of aromatic nitrogens is 1. The average Bonchev–Trinajstić information content (AvgIpc) is 3.18. The van der Waals surface area contributed by atoms with Crippen LogP contribution in [0, 0.1) is 5.92 Å². The van der Waals surface area contributed by atoms with Crippen molar-refractivity contribution in [2.75, 3.05) is 19.7 Å². The van der Waals surface area contributed by atoms with E-state index in [0.717, 1.165) is 4.57 Å². The Morgan fingerprint density at radius 3 is 2.08 bits per heavy atom. The molecule has 2 heterocycles. The van der Waals surface area contributed by atoms with Gasteiger partial charge in [-0.3, -0.25) is 0 Å². The SMILES string of the molecule is CC(C)(C)OC(=O)N1CC(COc2cccc3c2cc(S(=O)(=O)c2ccccc2)n3C(=O)OC(C)(C)C)C1. The number of amides is 1. The predicted octanol–water partition coefficient (Wildman–Crippen LogP) is 5.50. The molecule has 204 valence electrons. The zero-order chi connectivity index (χ0) is 27.9. The lowest BCUT2D eigenvalue weighted by Crippen LogP contribution is -2.53. The second-order valence-electron chi connectivity index (χ2n) is 11.4. The van der Waals surface area contributed by atoms with Gasteiger partial charge in [0, 0.05) is 24.4 Å². The minimum absolute atomic E-state index is 0.0618. The van der Waals surface area contributed by atoms with Crippen LogP contribution in [0.25, 0.3) is 10.9 Å². The van der Waals surface area contributed by atoms with Crippen LogP contribution in [0.1, 0.15) is 41.5 Å². The number of likely N-dealkylation sites (tertiary alicyclic amines) is 1.